The van der Waals surface area contributed by atoms with Gasteiger partial charge in [0.2, 0.25) is 10.0 Å². The van der Waals surface area contributed by atoms with Crippen LogP contribution in [0.1, 0.15) is 42.9 Å². The van der Waals surface area contributed by atoms with E-state index in [1.54, 1.807) is 33.5 Å². The van der Waals surface area contributed by atoms with Crippen molar-refractivity contribution in [2.24, 2.45) is 0 Å². The number of benzene rings is 3. The van der Waals surface area contributed by atoms with Crippen molar-refractivity contribution < 1.29 is 36.8 Å². The second kappa shape index (κ2) is 16.0. The van der Waals surface area contributed by atoms with Gasteiger partial charge in [-0.2, -0.15) is 4.31 Å². The summed E-state index contributed by atoms with van der Waals surface area (Å²) in [5.41, 5.74) is 3.40. The summed E-state index contributed by atoms with van der Waals surface area (Å²) in [7, 11) is 1.15. The van der Waals surface area contributed by atoms with Crippen molar-refractivity contribution >= 4 is 15.7 Å². The monoisotopic (exact) mass is 682 g/mol. The van der Waals surface area contributed by atoms with E-state index in [-0.39, 0.29) is 37.1 Å². The van der Waals surface area contributed by atoms with Crippen LogP contribution in [0.2, 0.25) is 0 Å². The maximum atomic E-state index is 14.1. The van der Waals surface area contributed by atoms with E-state index >= 15 is 0 Å². The van der Waals surface area contributed by atoms with Gasteiger partial charge in [0.25, 0.3) is 0 Å². The van der Waals surface area contributed by atoms with Crippen LogP contribution < -0.4 is 14.4 Å². The second-order valence-electron chi connectivity index (χ2n) is 13.1. The first-order valence-corrected chi connectivity index (χ1v) is 18.0. The van der Waals surface area contributed by atoms with Gasteiger partial charge >= 0.3 is 0 Å². The number of anilines is 1. The van der Waals surface area contributed by atoms with E-state index < -0.39 is 27.8 Å². The molecule has 3 aromatic carbocycles. The minimum Gasteiger partial charge on any atom is -0.497 e. The van der Waals surface area contributed by atoms with Gasteiger partial charge in [-0.05, 0) is 74.7 Å². The second-order valence-corrected chi connectivity index (χ2v) is 15.0. The van der Waals surface area contributed by atoms with Gasteiger partial charge in [0.05, 0.1) is 55.3 Å². The van der Waals surface area contributed by atoms with E-state index in [0.29, 0.717) is 13.2 Å². The number of sulfonamides is 1. The lowest BCUT2D eigenvalue weighted by atomic mass is 9.85. The lowest BCUT2D eigenvalue weighted by molar-refractivity contribution is -0.118. The molecule has 1 saturated heterocycles. The molecule has 0 spiro atoms. The van der Waals surface area contributed by atoms with E-state index in [2.05, 4.69) is 11.0 Å². The molecule has 2 aliphatic heterocycles. The van der Waals surface area contributed by atoms with Crippen molar-refractivity contribution in [2.45, 2.75) is 62.4 Å². The van der Waals surface area contributed by atoms with Crippen molar-refractivity contribution in [3.8, 4) is 11.5 Å². The third kappa shape index (κ3) is 8.69. The minimum atomic E-state index is -3.85. The van der Waals surface area contributed by atoms with Crippen LogP contribution in [-0.2, 0) is 35.6 Å². The van der Waals surface area contributed by atoms with Crippen molar-refractivity contribution in [2.75, 3.05) is 72.2 Å². The number of rotatable bonds is 15. The zero-order valence-corrected chi connectivity index (χ0v) is 29.8. The Labute approximate surface area is 285 Å². The molecule has 11 heteroatoms. The number of piperidine rings is 1. The number of methoxy groups -OCH3 is 3. The van der Waals surface area contributed by atoms with E-state index in [9.17, 15) is 8.42 Å². The summed E-state index contributed by atoms with van der Waals surface area (Å²) in [6.07, 6.45) is -0.123. The molecule has 262 valence electrons. The first kappa shape index (κ1) is 36.1. The summed E-state index contributed by atoms with van der Waals surface area (Å²) in [6, 6.07) is 20.9. The Morgan fingerprint density at radius 3 is 2.29 bits per heavy atom. The summed E-state index contributed by atoms with van der Waals surface area (Å²) in [4.78, 5) is 2.56. The fourth-order valence-corrected chi connectivity index (χ4v) is 7.64. The largest absolute Gasteiger partial charge is 0.497 e. The summed E-state index contributed by atoms with van der Waals surface area (Å²) in [6.45, 7) is 9.71. The molecule has 2 aliphatic rings. The lowest BCUT2D eigenvalue weighted by Crippen LogP contribution is -2.55. The van der Waals surface area contributed by atoms with E-state index in [4.69, 9.17) is 28.4 Å². The molecular formula is C37H50N2O8S. The van der Waals surface area contributed by atoms with Crippen molar-refractivity contribution in [1.82, 2.24) is 4.31 Å². The van der Waals surface area contributed by atoms with Crippen molar-refractivity contribution in [3.63, 3.8) is 0 Å². The number of fused-ring (bicyclic) bond motifs is 1. The van der Waals surface area contributed by atoms with E-state index in [1.165, 1.54) is 4.31 Å². The number of hydrogen-bond donors (Lipinski definition) is 0. The van der Waals surface area contributed by atoms with Crippen LogP contribution in [-0.4, -0.2) is 97.9 Å². The van der Waals surface area contributed by atoms with Gasteiger partial charge in [-0.1, -0.05) is 35.9 Å². The van der Waals surface area contributed by atoms with Gasteiger partial charge in [-0.15, -0.1) is 0 Å². The quantitative estimate of drug-likeness (QED) is 0.195. The molecule has 2 heterocycles. The molecule has 3 atom stereocenters. The molecule has 10 nitrogen and oxygen atoms in total. The molecule has 0 saturated carbocycles. The normalized spacial score (nSPS) is 20.3. The molecule has 3 aromatic rings. The fraction of sp³-hybridized carbons (Fsp3) is 0.514. The molecule has 0 amide bonds. The molecule has 0 unspecified atom stereocenters. The molecule has 48 heavy (non-hydrogen) atoms. The maximum Gasteiger partial charge on any atom is 0.243 e. The molecule has 0 aromatic heterocycles. The van der Waals surface area contributed by atoms with Gasteiger partial charge in [0.15, 0.2) is 0 Å². The summed E-state index contributed by atoms with van der Waals surface area (Å²) < 4.78 is 65.4. The molecular weight excluding hydrogens is 632 g/mol. The van der Waals surface area contributed by atoms with Crippen LogP contribution in [0.4, 0.5) is 5.69 Å². The Balaban J connectivity index is 1.47. The Hall–Kier alpha value is -3.19. The third-order valence-corrected chi connectivity index (χ3v) is 11.0. The highest BCUT2D eigenvalue weighted by atomic mass is 32.2. The average Bonchev–Trinajstić information content (AvgIpc) is 3.10. The first-order chi connectivity index (χ1) is 23.0. The highest BCUT2D eigenvalue weighted by molar-refractivity contribution is 7.89. The first-order valence-electron chi connectivity index (χ1n) is 16.5. The lowest BCUT2D eigenvalue weighted by Gasteiger charge is -2.43. The predicted molar refractivity (Wildman–Crippen MR) is 186 cm³/mol. The van der Waals surface area contributed by atoms with Gasteiger partial charge < -0.3 is 33.3 Å². The Morgan fingerprint density at radius 2 is 1.62 bits per heavy atom. The molecule has 5 rings (SSSR count). The Bertz CT molecular complexity index is 1580. The highest BCUT2D eigenvalue weighted by Crippen LogP contribution is 2.38. The Kier molecular flexibility index (Phi) is 12.0. The van der Waals surface area contributed by atoms with Crippen LogP contribution >= 0.6 is 0 Å². The number of aryl methyl sites for hydroxylation is 1. The highest BCUT2D eigenvalue weighted by Gasteiger charge is 2.44. The zero-order chi connectivity index (χ0) is 34.3. The van der Waals surface area contributed by atoms with Gasteiger partial charge in [0.1, 0.15) is 18.1 Å². The Morgan fingerprint density at radius 1 is 0.917 bits per heavy atom. The summed E-state index contributed by atoms with van der Waals surface area (Å²) in [5.74, 6) is 1.32. The topological polar surface area (TPSA) is 96.0 Å². The smallest absolute Gasteiger partial charge is 0.243 e. The zero-order valence-electron chi connectivity index (χ0n) is 29.0. The predicted octanol–water partition coefficient (Wildman–Crippen LogP) is 5.42. The van der Waals surface area contributed by atoms with Crippen LogP contribution in [0.25, 0.3) is 0 Å². The fourth-order valence-electron chi connectivity index (χ4n) is 6.18. The SMILES string of the molecule is COCCCN1CCOc2ccc(CO[C@H]3CN(S(=O)(=O)c4ccc(C)cc4)C[C@@H](OCC(C)(C)OC)[C@@H]3c3ccc(OC)cc3)cc21. The van der Waals surface area contributed by atoms with Gasteiger partial charge in [-0.3, -0.25) is 0 Å². The van der Waals surface area contributed by atoms with Crippen LogP contribution in [0.5, 0.6) is 11.5 Å². The molecule has 1 fully saturated rings. The van der Waals surface area contributed by atoms with Gasteiger partial charge in [-0.25, -0.2) is 8.42 Å². The van der Waals surface area contributed by atoms with Crippen LogP contribution in [0.15, 0.2) is 71.6 Å². The standard InChI is InChI=1S/C37H50N2O8S/c1-27-8-15-31(16-9-27)48(40,41)39-23-34(46-25-28-10-17-33-32(22-28)38(19-21-45-33)18-7-20-42-4)36(29-11-13-30(43-5)14-12-29)35(24-39)47-26-37(2,3)44-6/h8-17,22,34-36H,7,18-21,23-26H2,1-6H3/t34-,35+,36+/m0/s1. The minimum absolute atomic E-state index is 0.164. The van der Waals surface area contributed by atoms with Crippen molar-refractivity contribution in [3.05, 3.63) is 83.4 Å². The molecule has 0 radical (unpaired) electrons. The molecule has 0 bridgehead atoms. The average molecular weight is 683 g/mol. The molecule has 0 N–H and O–H groups in total. The number of nitrogens with zero attached hydrogens (tertiary/aromatic N) is 2. The summed E-state index contributed by atoms with van der Waals surface area (Å²) in [5, 5.41) is 0. The third-order valence-electron chi connectivity index (χ3n) is 9.15. The van der Waals surface area contributed by atoms with E-state index in [0.717, 1.165) is 53.4 Å². The van der Waals surface area contributed by atoms with E-state index in [1.807, 2.05) is 69.3 Å². The number of ether oxygens (including phenoxy) is 6. The van der Waals surface area contributed by atoms with Crippen LogP contribution in [0.3, 0.4) is 0 Å². The maximum absolute atomic E-state index is 14.1. The van der Waals surface area contributed by atoms with Gasteiger partial charge in [0, 0.05) is 46.4 Å². The van der Waals surface area contributed by atoms with Crippen LogP contribution in [0, 0.1) is 6.92 Å². The molecule has 0 aliphatic carbocycles. The van der Waals surface area contributed by atoms with Crippen molar-refractivity contribution in [1.29, 1.82) is 0 Å². The number of hydrogen-bond acceptors (Lipinski definition) is 9. The summed E-state index contributed by atoms with van der Waals surface area (Å²) >= 11 is 0.